The number of carbonyl (C=O) groups excluding carboxylic acids is 1. The van der Waals surface area contributed by atoms with Gasteiger partial charge in [0.15, 0.2) is 0 Å². The number of Topliss-reactive ketones (excluding diaryl/α,β-unsaturated/α-hetero) is 1. The normalized spacial score (nSPS) is 48.0. The SMILES string of the molecule is CC(C)C(=O)CC[C@@H](C)[C@H]1CC[C@H]2[C@@H]3CC[C@@H]4C[C@H](O)CC[C@]4(C)[C@H]3CC[C@]12C. The number of fused-ring (bicyclic) bond motifs is 5. The van der Waals surface area contributed by atoms with Crippen molar-refractivity contribution >= 4 is 5.78 Å². The minimum Gasteiger partial charge on any atom is -0.393 e. The Balaban J connectivity index is 1.46. The monoisotopic (exact) mass is 402 g/mol. The number of rotatable bonds is 5. The van der Waals surface area contributed by atoms with Crippen molar-refractivity contribution in [2.24, 2.45) is 52.3 Å². The third-order valence-corrected chi connectivity index (χ3v) is 10.9. The van der Waals surface area contributed by atoms with Crippen molar-refractivity contribution in [2.45, 2.75) is 111 Å². The number of aliphatic hydroxyl groups excluding tert-OH is 1. The Hall–Kier alpha value is -0.370. The molecule has 2 nitrogen and oxygen atoms in total. The molecule has 4 aliphatic carbocycles. The molecule has 4 saturated carbocycles. The van der Waals surface area contributed by atoms with Gasteiger partial charge in [0.2, 0.25) is 0 Å². The molecule has 9 atom stereocenters. The highest BCUT2D eigenvalue weighted by Crippen LogP contribution is 2.68. The smallest absolute Gasteiger partial charge is 0.135 e. The van der Waals surface area contributed by atoms with Gasteiger partial charge in [0.25, 0.3) is 0 Å². The summed E-state index contributed by atoms with van der Waals surface area (Å²) in [4.78, 5) is 12.2. The van der Waals surface area contributed by atoms with Gasteiger partial charge in [0, 0.05) is 12.3 Å². The Morgan fingerprint density at radius 1 is 0.931 bits per heavy atom. The van der Waals surface area contributed by atoms with Crippen LogP contribution in [-0.4, -0.2) is 17.0 Å². The summed E-state index contributed by atoms with van der Waals surface area (Å²) < 4.78 is 0. The lowest BCUT2D eigenvalue weighted by Gasteiger charge is -2.61. The van der Waals surface area contributed by atoms with E-state index in [0.717, 1.165) is 55.3 Å². The Kier molecular flexibility index (Phi) is 5.99. The summed E-state index contributed by atoms with van der Waals surface area (Å²) in [5.41, 5.74) is 0.982. The molecule has 2 heteroatoms. The van der Waals surface area contributed by atoms with Gasteiger partial charge in [-0.05, 0) is 111 Å². The van der Waals surface area contributed by atoms with Crippen LogP contribution in [0.5, 0.6) is 0 Å². The maximum absolute atomic E-state index is 12.2. The van der Waals surface area contributed by atoms with Crippen LogP contribution in [0, 0.1) is 52.3 Å². The van der Waals surface area contributed by atoms with Gasteiger partial charge in [-0.3, -0.25) is 4.79 Å². The third-order valence-electron chi connectivity index (χ3n) is 10.9. The zero-order chi connectivity index (χ0) is 21.0. The van der Waals surface area contributed by atoms with Crippen LogP contribution in [0.1, 0.15) is 105 Å². The van der Waals surface area contributed by atoms with E-state index in [1.165, 1.54) is 44.9 Å². The van der Waals surface area contributed by atoms with Gasteiger partial charge in [-0.15, -0.1) is 0 Å². The van der Waals surface area contributed by atoms with E-state index in [0.29, 0.717) is 22.5 Å². The Morgan fingerprint density at radius 3 is 2.34 bits per heavy atom. The van der Waals surface area contributed by atoms with Crippen LogP contribution in [-0.2, 0) is 4.79 Å². The summed E-state index contributed by atoms with van der Waals surface area (Å²) in [6.07, 6.45) is 13.6. The molecule has 4 aliphatic rings. The Morgan fingerprint density at radius 2 is 1.62 bits per heavy atom. The Bertz CT molecular complexity index is 612. The highest BCUT2D eigenvalue weighted by Gasteiger charge is 2.60. The molecule has 166 valence electrons. The predicted molar refractivity (Wildman–Crippen MR) is 119 cm³/mol. The molecule has 0 aromatic heterocycles. The average Bonchev–Trinajstić information content (AvgIpc) is 3.03. The molecule has 0 aromatic carbocycles. The van der Waals surface area contributed by atoms with E-state index < -0.39 is 0 Å². The first-order chi connectivity index (χ1) is 13.7. The van der Waals surface area contributed by atoms with Crippen molar-refractivity contribution in [1.82, 2.24) is 0 Å². The van der Waals surface area contributed by atoms with E-state index in [2.05, 4.69) is 20.8 Å². The molecule has 0 amide bonds. The van der Waals surface area contributed by atoms with Crippen molar-refractivity contribution in [2.75, 3.05) is 0 Å². The van der Waals surface area contributed by atoms with Crippen molar-refractivity contribution in [3.05, 3.63) is 0 Å². The van der Waals surface area contributed by atoms with E-state index in [-0.39, 0.29) is 12.0 Å². The lowest BCUT2D eigenvalue weighted by molar-refractivity contribution is -0.130. The molecule has 0 aromatic rings. The largest absolute Gasteiger partial charge is 0.393 e. The maximum Gasteiger partial charge on any atom is 0.135 e. The molecule has 0 radical (unpaired) electrons. The first-order valence-electron chi connectivity index (χ1n) is 12.9. The summed E-state index contributed by atoms with van der Waals surface area (Å²) in [5, 5.41) is 10.2. The molecule has 4 rings (SSSR count). The summed E-state index contributed by atoms with van der Waals surface area (Å²) in [6, 6.07) is 0. The van der Waals surface area contributed by atoms with Gasteiger partial charge < -0.3 is 5.11 Å². The third kappa shape index (κ3) is 3.64. The van der Waals surface area contributed by atoms with Crippen molar-refractivity contribution < 1.29 is 9.90 Å². The molecule has 0 unspecified atom stereocenters. The number of hydrogen-bond acceptors (Lipinski definition) is 2. The highest BCUT2D eigenvalue weighted by atomic mass is 16.3. The second-order valence-corrected chi connectivity index (χ2v) is 12.5. The summed E-state index contributed by atoms with van der Waals surface area (Å²) in [7, 11) is 0. The van der Waals surface area contributed by atoms with Crippen LogP contribution in [0.4, 0.5) is 0 Å². The second kappa shape index (κ2) is 7.95. The molecule has 0 bridgehead atoms. The van der Waals surface area contributed by atoms with E-state index in [1.54, 1.807) is 0 Å². The quantitative estimate of drug-likeness (QED) is 0.559. The number of hydrogen-bond donors (Lipinski definition) is 1. The fraction of sp³-hybridized carbons (Fsp3) is 0.963. The van der Waals surface area contributed by atoms with Gasteiger partial charge in [-0.1, -0.05) is 34.6 Å². The fourth-order valence-corrected chi connectivity index (χ4v) is 9.07. The topological polar surface area (TPSA) is 37.3 Å². The van der Waals surface area contributed by atoms with Crippen LogP contribution in [0.3, 0.4) is 0 Å². The molecule has 0 spiro atoms. The molecule has 4 fully saturated rings. The van der Waals surface area contributed by atoms with Gasteiger partial charge in [0.05, 0.1) is 6.10 Å². The zero-order valence-electron chi connectivity index (χ0n) is 19.8. The Labute approximate surface area is 179 Å². The number of aliphatic hydroxyl groups is 1. The lowest BCUT2D eigenvalue weighted by Crippen LogP contribution is -2.54. The van der Waals surface area contributed by atoms with Crippen molar-refractivity contribution in [3.8, 4) is 0 Å². The average molecular weight is 403 g/mol. The van der Waals surface area contributed by atoms with E-state index in [1.807, 2.05) is 13.8 Å². The minimum atomic E-state index is -0.0382. The van der Waals surface area contributed by atoms with Crippen LogP contribution in [0.15, 0.2) is 0 Å². The fourth-order valence-electron chi connectivity index (χ4n) is 9.07. The van der Waals surface area contributed by atoms with E-state index in [4.69, 9.17) is 0 Å². The lowest BCUT2D eigenvalue weighted by atomic mass is 9.44. The first kappa shape index (κ1) is 21.8. The van der Waals surface area contributed by atoms with Crippen LogP contribution >= 0.6 is 0 Å². The van der Waals surface area contributed by atoms with E-state index >= 15 is 0 Å². The van der Waals surface area contributed by atoms with Gasteiger partial charge in [-0.25, -0.2) is 0 Å². The minimum absolute atomic E-state index is 0.0382. The van der Waals surface area contributed by atoms with Crippen LogP contribution < -0.4 is 0 Å². The van der Waals surface area contributed by atoms with Gasteiger partial charge >= 0.3 is 0 Å². The first-order valence-corrected chi connectivity index (χ1v) is 12.9. The summed E-state index contributed by atoms with van der Waals surface area (Å²) in [5.74, 6) is 5.60. The molecular formula is C27H46O2. The van der Waals surface area contributed by atoms with Gasteiger partial charge in [0.1, 0.15) is 5.78 Å². The molecule has 0 saturated heterocycles. The maximum atomic E-state index is 12.2. The number of carbonyl (C=O) groups is 1. The molecular weight excluding hydrogens is 356 g/mol. The molecule has 0 aliphatic heterocycles. The van der Waals surface area contributed by atoms with Crippen LogP contribution in [0.25, 0.3) is 0 Å². The van der Waals surface area contributed by atoms with Gasteiger partial charge in [-0.2, -0.15) is 0 Å². The summed E-state index contributed by atoms with van der Waals surface area (Å²) >= 11 is 0. The predicted octanol–water partition coefficient (Wildman–Crippen LogP) is 6.65. The summed E-state index contributed by atoms with van der Waals surface area (Å²) in [6.45, 7) is 11.8. The zero-order valence-corrected chi connectivity index (χ0v) is 19.8. The molecule has 29 heavy (non-hydrogen) atoms. The second-order valence-electron chi connectivity index (χ2n) is 12.5. The highest BCUT2D eigenvalue weighted by molar-refractivity contribution is 5.80. The molecule has 0 heterocycles. The van der Waals surface area contributed by atoms with Crippen molar-refractivity contribution in [3.63, 3.8) is 0 Å². The number of ketones is 1. The standard InChI is InChI=1S/C27H46O2/c1-17(2)25(29)11-6-18(3)22-9-10-23-21-8-7-19-16-20(28)12-14-26(19,4)24(21)13-15-27(22,23)5/h17-24,28H,6-16H2,1-5H3/t18-,19-,20-,21+,22-,23+,24+,26+,27-/m1/s1. The van der Waals surface area contributed by atoms with E-state index in [9.17, 15) is 9.90 Å². The van der Waals surface area contributed by atoms with Crippen molar-refractivity contribution in [1.29, 1.82) is 0 Å². The molecule has 1 N–H and O–H groups in total. The van der Waals surface area contributed by atoms with Crippen LogP contribution in [0.2, 0.25) is 0 Å².